The number of allylic oxidation sites excluding steroid dienone is 1. The van der Waals surface area contributed by atoms with Crippen LogP contribution in [0.25, 0.3) is 0 Å². The second-order valence-electron chi connectivity index (χ2n) is 6.68. The molecular weight excluding hydrogens is 260 g/mol. The molecular formula is C17H30Si2. The van der Waals surface area contributed by atoms with Crippen LogP contribution in [0.1, 0.15) is 6.42 Å². The third-order valence-corrected chi connectivity index (χ3v) is 7.76. The zero-order chi connectivity index (χ0) is 14.9. The highest BCUT2D eigenvalue weighted by Gasteiger charge is 2.17. The van der Waals surface area contributed by atoms with E-state index in [-0.39, 0.29) is 0 Å². The molecule has 0 radical (unpaired) electrons. The predicted octanol–water partition coefficient (Wildman–Crippen LogP) is 5.23. The summed E-state index contributed by atoms with van der Waals surface area (Å²) >= 11 is 0. The smallest absolute Gasteiger partial charge is 0.103 e. The van der Waals surface area contributed by atoms with Crippen molar-refractivity contribution in [1.82, 2.24) is 0 Å². The van der Waals surface area contributed by atoms with E-state index in [2.05, 4.69) is 81.9 Å². The Labute approximate surface area is 122 Å². The minimum atomic E-state index is -1.29. The van der Waals surface area contributed by atoms with Gasteiger partial charge in [0.05, 0.1) is 0 Å². The first-order chi connectivity index (χ1) is 8.73. The van der Waals surface area contributed by atoms with Gasteiger partial charge in [0.2, 0.25) is 0 Å². The van der Waals surface area contributed by atoms with Crippen LogP contribution in [0.4, 0.5) is 0 Å². The van der Waals surface area contributed by atoms with Gasteiger partial charge in [-0.15, -0.1) is 13.2 Å². The van der Waals surface area contributed by atoms with Gasteiger partial charge in [0.15, 0.2) is 0 Å². The zero-order valence-electron chi connectivity index (χ0n) is 13.4. The number of benzene rings is 1. The van der Waals surface area contributed by atoms with Crippen molar-refractivity contribution in [3.8, 4) is 0 Å². The molecule has 0 saturated heterocycles. The summed E-state index contributed by atoms with van der Waals surface area (Å²) in [7, 11) is -2.04. The molecule has 1 rings (SSSR count). The fourth-order valence-corrected chi connectivity index (χ4v) is 3.88. The van der Waals surface area contributed by atoms with Crippen molar-refractivity contribution >= 4 is 21.3 Å². The van der Waals surface area contributed by atoms with Crippen LogP contribution in [0.3, 0.4) is 0 Å². The lowest BCUT2D eigenvalue weighted by molar-refractivity contribution is 1.16. The Balaban J connectivity index is 0.000000362. The minimum absolute atomic E-state index is 0.749. The molecule has 0 saturated carbocycles. The lowest BCUT2D eigenvalue weighted by Gasteiger charge is -2.16. The van der Waals surface area contributed by atoms with E-state index in [0.29, 0.717) is 0 Å². The van der Waals surface area contributed by atoms with E-state index in [9.17, 15) is 0 Å². The van der Waals surface area contributed by atoms with Crippen molar-refractivity contribution in [2.45, 2.75) is 45.2 Å². The van der Waals surface area contributed by atoms with E-state index in [1.807, 2.05) is 6.08 Å². The first-order valence-corrected chi connectivity index (χ1v) is 13.8. The monoisotopic (exact) mass is 290 g/mol. The van der Waals surface area contributed by atoms with Crippen molar-refractivity contribution in [3.63, 3.8) is 0 Å². The molecule has 0 amide bonds. The summed E-state index contributed by atoms with van der Waals surface area (Å²) in [6.45, 7) is 19.3. The van der Waals surface area contributed by atoms with Gasteiger partial charge in [-0.2, -0.15) is 0 Å². The van der Waals surface area contributed by atoms with Gasteiger partial charge in [-0.25, -0.2) is 0 Å². The Morgan fingerprint density at radius 2 is 1.47 bits per heavy atom. The van der Waals surface area contributed by atoms with Gasteiger partial charge in [0.1, 0.15) is 8.07 Å². The van der Waals surface area contributed by atoms with Crippen LogP contribution in [0.15, 0.2) is 55.3 Å². The summed E-state index contributed by atoms with van der Waals surface area (Å²) in [4.78, 5) is 0. The zero-order valence-corrected chi connectivity index (χ0v) is 15.4. The van der Waals surface area contributed by atoms with Crippen LogP contribution >= 0.6 is 0 Å². The normalized spacial score (nSPS) is 11.2. The quantitative estimate of drug-likeness (QED) is 0.514. The van der Waals surface area contributed by atoms with Crippen molar-refractivity contribution in [3.05, 3.63) is 55.3 Å². The van der Waals surface area contributed by atoms with Crippen LogP contribution < -0.4 is 5.19 Å². The van der Waals surface area contributed by atoms with Crippen LogP contribution in [-0.4, -0.2) is 16.1 Å². The van der Waals surface area contributed by atoms with Gasteiger partial charge >= 0.3 is 0 Å². The van der Waals surface area contributed by atoms with E-state index >= 15 is 0 Å². The topological polar surface area (TPSA) is 0 Å². The highest BCUT2D eigenvalue weighted by Crippen LogP contribution is 2.10. The van der Waals surface area contributed by atoms with Crippen molar-refractivity contribution in [2.24, 2.45) is 0 Å². The first kappa shape index (κ1) is 18.1. The Morgan fingerprint density at radius 1 is 0.947 bits per heavy atom. The van der Waals surface area contributed by atoms with Gasteiger partial charge in [-0.1, -0.05) is 86.1 Å². The standard InChI is InChI=1S/C10H14Si.C7H16Si/c1-4-11(2,3)10-8-6-5-7-9-10;1-5-6-7-8(2,3)4/h4-9H,1H2,2-3H3;5H,1,6-7H2,2-4H3. The molecule has 0 aromatic heterocycles. The summed E-state index contributed by atoms with van der Waals surface area (Å²) in [5, 5.41) is 1.45. The molecule has 0 fully saturated rings. The third kappa shape index (κ3) is 8.79. The predicted molar refractivity (Wildman–Crippen MR) is 96.7 cm³/mol. The van der Waals surface area contributed by atoms with Crippen LogP contribution in [0, 0.1) is 0 Å². The molecule has 0 N–H and O–H groups in total. The molecule has 0 aliphatic carbocycles. The Morgan fingerprint density at radius 3 is 1.79 bits per heavy atom. The third-order valence-electron chi connectivity index (χ3n) is 3.13. The fraction of sp³-hybridized carbons (Fsp3) is 0.412. The van der Waals surface area contributed by atoms with E-state index in [4.69, 9.17) is 0 Å². The molecule has 0 heterocycles. The fourth-order valence-electron chi connectivity index (χ4n) is 1.52. The average Bonchev–Trinajstić information content (AvgIpc) is 2.37. The molecule has 0 bridgehead atoms. The van der Waals surface area contributed by atoms with Crippen molar-refractivity contribution < 1.29 is 0 Å². The highest BCUT2D eigenvalue weighted by molar-refractivity contribution is 6.93. The summed E-state index contributed by atoms with van der Waals surface area (Å²) in [6.07, 6.45) is 3.22. The van der Waals surface area contributed by atoms with E-state index in [0.717, 1.165) is 0 Å². The van der Waals surface area contributed by atoms with Gasteiger partial charge in [-0.3, -0.25) is 0 Å². The van der Waals surface area contributed by atoms with Crippen LogP contribution in [-0.2, 0) is 0 Å². The lowest BCUT2D eigenvalue weighted by atomic mass is 10.4. The van der Waals surface area contributed by atoms with Crippen molar-refractivity contribution in [2.75, 3.05) is 0 Å². The van der Waals surface area contributed by atoms with Crippen LogP contribution in [0.5, 0.6) is 0 Å². The summed E-state index contributed by atoms with van der Waals surface area (Å²) in [5.41, 5.74) is 2.11. The molecule has 106 valence electrons. The summed E-state index contributed by atoms with van der Waals surface area (Å²) in [6, 6.07) is 12.0. The SMILES string of the molecule is C=CCC[Si](C)(C)C.C=C[Si](C)(C)c1ccccc1. The maximum absolute atomic E-state index is 3.87. The van der Waals surface area contributed by atoms with Gasteiger partial charge in [-0.05, 0) is 6.42 Å². The molecule has 0 aliphatic heterocycles. The maximum atomic E-state index is 3.87. The maximum Gasteiger partial charge on any atom is 0.103 e. The van der Waals surface area contributed by atoms with E-state index in [1.165, 1.54) is 17.7 Å². The molecule has 0 atom stereocenters. The summed E-state index contributed by atoms with van der Waals surface area (Å²) < 4.78 is 0. The molecule has 0 nitrogen and oxygen atoms in total. The molecule has 1 aromatic rings. The average molecular weight is 291 g/mol. The van der Waals surface area contributed by atoms with Gasteiger partial charge in [0, 0.05) is 8.07 Å². The number of hydrogen-bond donors (Lipinski definition) is 0. The van der Waals surface area contributed by atoms with Gasteiger partial charge in [0.25, 0.3) is 0 Å². The largest absolute Gasteiger partial charge is 0.107 e. The first-order valence-electron chi connectivity index (χ1n) is 7.03. The van der Waals surface area contributed by atoms with Crippen molar-refractivity contribution in [1.29, 1.82) is 0 Å². The summed E-state index contributed by atoms with van der Waals surface area (Å²) in [5.74, 6) is 0. The molecule has 2 heteroatoms. The Kier molecular flexibility index (Phi) is 7.95. The number of hydrogen-bond acceptors (Lipinski definition) is 0. The van der Waals surface area contributed by atoms with E-state index in [1.54, 1.807) is 0 Å². The number of rotatable bonds is 5. The minimum Gasteiger partial charge on any atom is -0.107 e. The van der Waals surface area contributed by atoms with Crippen LogP contribution in [0.2, 0.25) is 38.8 Å². The second kappa shape index (κ2) is 8.33. The molecule has 0 aliphatic rings. The molecule has 1 aromatic carbocycles. The van der Waals surface area contributed by atoms with Gasteiger partial charge < -0.3 is 0 Å². The lowest BCUT2D eigenvalue weighted by Crippen LogP contribution is -2.38. The molecule has 19 heavy (non-hydrogen) atoms. The van der Waals surface area contributed by atoms with E-state index < -0.39 is 16.1 Å². The Bertz CT molecular complexity index is 372. The second-order valence-corrected chi connectivity index (χ2v) is 16.7. The highest BCUT2D eigenvalue weighted by atomic mass is 28.3. The molecule has 0 spiro atoms. The Hall–Kier alpha value is -0.866. The molecule has 0 unspecified atom stereocenters.